The number of likely N-dealkylation sites (tertiary alicyclic amines) is 1. The number of hydrogen-bond acceptors (Lipinski definition) is 1. The lowest BCUT2D eigenvalue weighted by atomic mass is 9.65. The summed E-state index contributed by atoms with van der Waals surface area (Å²) in [5, 5.41) is 0. The van der Waals surface area contributed by atoms with Gasteiger partial charge in [-0.3, -0.25) is 0 Å². The van der Waals surface area contributed by atoms with Gasteiger partial charge in [0.15, 0.2) is 0 Å². The SMILES string of the molecule is CCCC(c1ccc(-c2c(C)cc(C)cc2C)cc1)(c1ccc(-c2c(C)cc(C)cc2C)cc1)C1CCCN1C. The largest absolute Gasteiger partial charge is 0.302 e. The van der Waals surface area contributed by atoms with Gasteiger partial charge >= 0.3 is 0 Å². The fraction of sp³-hybridized carbons (Fsp3) is 0.385. The average molecular weight is 530 g/mol. The molecule has 0 amide bonds. The molecular weight excluding hydrogens is 482 g/mol. The Morgan fingerprint density at radius 1 is 0.650 bits per heavy atom. The normalized spacial score (nSPS) is 16.1. The van der Waals surface area contributed by atoms with Gasteiger partial charge in [-0.1, -0.05) is 97.3 Å². The lowest BCUT2D eigenvalue weighted by Crippen LogP contribution is -2.47. The molecule has 1 heterocycles. The van der Waals surface area contributed by atoms with E-state index in [1.807, 2.05) is 0 Å². The Hall–Kier alpha value is -3.16. The predicted molar refractivity (Wildman–Crippen MR) is 174 cm³/mol. The molecule has 0 radical (unpaired) electrons. The highest BCUT2D eigenvalue weighted by Crippen LogP contribution is 2.46. The average Bonchev–Trinajstić information content (AvgIpc) is 3.33. The van der Waals surface area contributed by atoms with Gasteiger partial charge in [-0.25, -0.2) is 0 Å². The van der Waals surface area contributed by atoms with Crippen LogP contribution in [0.5, 0.6) is 0 Å². The first-order valence-corrected chi connectivity index (χ1v) is 15.2. The zero-order valence-electron chi connectivity index (χ0n) is 26.0. The fourth-order valence-electron chi connectivity index (χ4n) is 8.07. The van der Waals surface area contributed by atoms with Gasteiger partial charge in [0.25, 0.3) is 0 Å². The Kier molecular flexibility index (Phi) is 8.07. The van der Waals surface area contributed by atoms with E-state index in [2.05, 4.69) is 133 Å². The minimum absolute atomic E-state index is 0.0359. The predicted octanol–water partition coefficient (Wildman–Crippen LogP) is 10.1. The van der Waals surface area contributed by atoms with Crippen LogP contribution >= 0.6 is 0 Å². The Morgan fingerprint density at radius 3 is 1.38 bits per heavy atom. The molecule has 1 nitrogen and oxygen atoms in total. The lowest BCUT2D eigenvalue weighted by molar-refractivity contribution is 0.207. The zero-order valence-corrected chi connectivity index (χ0v) is 26.0. The van der Waals surface area contributed by atoms with E-state index in [0.29, 0.717) is 6.04 Å². The van der Waals surface area contributed by atoms with Crippen molar-refractivity contribution in [3.63, 3.8) is 0 Å². The standard InChI is InChI=1S/C39H47N/c1-9-20-39(36-11-10-21-40(36)8,34-16-12-32(13-17-34)37-28(4)22-26(2)23-29(37)5)35-18-14-33(15-19-35)38-30(6)24-27(3)25-31(38)7/h12-19,22-25,36H,9-11,20-21H2,1-8H3. The highest BCUT2D eigenvalue weighted by Gasteiger charge is 2.45. The Morgan fingerprint density at radius 2 is 1.05 bits per heavy atom. The van der Waals surface area contributed by atoms with Crippen LogP contribution in [0, 0.1) is 41.5 Å². The van der Waals surface area contributed by atoms with Crippen molar-refractivity contribution >= 4 is 0 Å². The van der Waals surface area contributed by atoms with E-state index in [0.717, 1.165) is 12.8 Å². The van der Waals surface area contributed by atoms with Gasteiger partial charge in [-0.15, -0.1) is 0 Å². The molecule has 0 spiro atoms. The van der Waals surface area contributed by atoms with Crippen molar-refractivity contribution in [3.05, 3.63) is 117 Å². The number of rotatable bonds is 7. The third kappa shape index (κ3) is 5.06. The van der Waals surface area contributed by atoms with Crippen LogP contribution in [-0.4, -0.2) is 24.5 Å². The monoisotopic (exact) mass is 529 g/mol. The van der Waals surface area contributed by atoms with Crippen LogP contribution < -0.4 is 0 Å². The van der Waals surface area contributed by atoms with E-state index in [1.165, 1.54) is 86.1 Å². The summed E-state index contributed by atoms with van der Waals surface area (Å²) in [6.45, 7) is 16.9. The number of likely N-dealkylation sites (N-methyl/N-ethyl adjacent to an activating group) is 1. The molecule has 208 valence electrons. The maximum absolute atomic E-state index is 2.63. The van der Waals surface area contributed by atoms with Crippen LogP contribution in [0.4, 0.5) is 0 Å². The van der Waals surface area contributed by atoms with Crippen molar-refractivity contribution in [2.24, 2.45) is 0 Å². The van der Waals surface area contributed by atoms with Crippen molar-refractivity contribution in [2.45, 2.75) is 85.6 Å². The van der Waals surface area contributed by atoms with E-state index in [4.69, 9.17) is 0 Å². The second kappa shape index (κ2) is 11.4. The van der Waals surface area contributed by atoms with Gasteiger partial charge in [0, 0.05) is 11.5 Å². The van der Waals surface area contributed by atoms with Gasteiger partial charge < -0.3 is 4.90 Å². The summed E-state index contributed by atoms with van der Waals surface area (Å²) in [6.07, 6.45) is 4.81. The van der Waals surface area contributed by atoms with Crippen LogP contribution in [0.2, 0.25) is 0 Å². The summed E-state index contributed by atoms with van der Waals surface area (Å²) >= 11 is 0. The molecule has 0 bridgehead atoms. The Labute approximate surface area is 243 Å². The molecule has 40 heavy (non-hydrogen) atoms. The molecule has 4 aromatic carbocycles. The second-order valence-corrected chi connectivity index (χ2v) is 12.6. The third-order valence-electron chi connectivity index (χ3n) is 9.47. The summed E-state index contributed by atoms with van der Waals surface area (Å²) in [5.41, 5.74) is 16.4. The second-order valence-electron chi connectivity index (χ2n) is 12.6. The molecule has 5 rings (SSSR count). The van der Waals surface area contributed by atoms with Crippen LogP contribution in [0.25, 0.3) is 22.3 Å². The summed E-state index contributed by atoms with van der Waals surface area (Å²) < 4.78 is 0. The van der Waals surface area contributed by atoms with Crippen molar-refractivity contribution in [2.75, 3.05) is 13.6 Å². The number of aryl methyl sites for hydroxylation is 6. The van der Waals surface area contributed by atoms with Crippen molar-refractivity contribution < 1.29 is 0 Å². The molecule has 0 aliphatic carbocycles. The molecule has 0 N–H and O–H groups in total. The highest BCUT2D eigenvalue weighted by atomic mass is 15.2. The molecular formula is C39H47N. The van der Waals surface area contributed by atoms with Crippen LogP contribution in [0.3, 0.4) is 0 Å². The van der Waals surface area contributed by atoms with Crippen LogP contribution in [-0.2, 0) is 5.41 Å². The number of nitrogens with zero attached hydrogens (tertiary/aromatic N) is 1. The van der Waals surface area contributed by atoms with Gasteiger partial charge in [-0.05, 0) is 130 Å². The molecule has 1 atom stereocenters. The Balaban J connectivity index is 1.63. The maximum Gasteiger partial charge on any atom is 0.0357 e. The lowest BCUT2D eigenvalue weighted by Gasteiger charge is -2.44. The summed E-state index contributed by atoms with van der Waals surface area (Å²) in [6, 6.07) is 29.0. The van der Waals surface area contributed by atoms with Crippen molar-refractivity contribution in [1.82, 2.24) is 4.90 Å². The molecule has 1 unspecified atom stereocenters. The first kappa shape index (κ1) is 28.4. The topological polar surface area (TPSA) is 3.24 Å². The summed E-state index contributed by atoms with van der Waals surface area (Å²) in [5.74, 6) is 0. The van der Waals surface area contributed by atoms with E-state index in [-0.39, 0.29) is 5.41 Å². The molecule has 1 heteroatoms. The third-order valence-corrected chi connectivity index (χ3v) is 9.47. The quantitative estimate of drug-likeness (QED) is 0.230. The fourth-order valence-corrected chi connectivity index (χ4v) is 8.07. The van der Waals surface area contributed by atoms with E-state index < -0.39 is 0 Å². The molecule has 0 aromatic heterocycles. The van der Waals surface area contributed by atoms with E-state index >= 15 is 0 Å². The maximum atomic E-state index is 2.63. The minimum Gasteiger partial charge on any atom is -0.302 e. The van der Waals surface area contributed by atoms with Gasteiger partial charge in [0.05, 0.1) is 0 Å². The molecule has 0 saturated carbocycles. The molecule has 1 aliphatic heterocycles. The Bertz CT molecular complexity index is 1340. The van der Waals surface area contributed by atoms with Gasteiger partial charge in [0.1, 0.15) is 0 Å². The summed E-state index contributed by atoms with van der Waals surface area (Å²) in [7, 11) is 2.34. The van der Waals surface area contributed by atoms with E-state index in [1.54, 1.807) is 0 Å². The van der Waals surface area contributed by atoms with Crippen LogP contribution in [0.1, 0.15) is 77.1 Å². The van der Waals surface area contributed by atoms with Gasteiger partial charge in [-0.2, -0.15) is 0 Å². The summed E-state index contributed by atoms with van der Waals surface area (Å²) in [4.78, 5) is 2.63. The minimum atomic E-state index is -0.0359. The van der Waals surface area contributed by atoms with Crippen molar-refractivity contribution in [1.29, 1.82) is 0 Å². The molecule has 1 saturated heterocycles. The first-order valence-electron chi connectivity index (χ1n) is 15.2. The first-order chi connectivity index (χ1) is 19.1. The van der Waals surface area contributed by atoms with Crippen molar-refractivity contribution in [3.8, 4) is 22.3 Å². The molecule has 1 fully saturated rings. The number of benzene rings is 4. The zero-order chi connectivity index (χ0) is 28.6. The van der Waals surface area contributed by atoms with Gasteiger partial charge in [0.2, 0.25) is 0 Å². The molecule has 1 aliphatic rings. The molecule has 4 aromatic rings. The van der Waals surface area contributed by atoms with E-state index in [9.17, 15) is 0 Å². The highest BCUT2D eigenvalue weighted by molar-refractivity contribution is 5.73. The number of hydrogen-bond donors (Lipinski definition) is 0. The van der Waals surface area contributed by atoms with Crippen LogP contribution in [0.15, 0.2) is 72.8 Å². The smallest absolute Gasteiger partial charge is 0.0357 e.